The van der Waals surface area contributed by atoms with E-state index >= 15 is 0 Å². The van der Waals surface area contributed by atoms with Crippen LogP contribution in [-0.4, -0.2) is 43.2 Å². The summed E-state index contributed by atoms with van der Waals surface area (Å²) in [6, 6.07) is 3.08. The summed E-state index contributed by atoms with van der Waals surface area (Å²) in [4.78, 5) is 14.0. The van der Waals surface area contributed by atoms with Gasteiger partial charge in [-0.1, -0.05) is 0 Å². The summed E-state index contributed by atoms with van der Waals surface area (Å²) in [6.45, 7) is 1.56. The van der Waals surface area contributed by atoms with Crippen LogP contribution in [0.5, 0.6) is 17.2 Å². The standard InChI is InChI=1S/C13H17NO4/c1-17-10-7-9(8-11(18-2)12(10)15)13(16)14-5-3-4-6-14/h7-8,15H,3-6H2,1-2H3. The van der Waals surface area contributed by atoms with Gasteiger partial charge in [-0.2, -0.15) is 0 Å². The lowest BCUT2D eigenvalue weighted by Gasteiger charge is -2.17. The van der Waals surface area contributed by atoms with Crippen LogP contribution in [0, 0.1) is 0 Å². The molecule has 0 bridgehead atoms. The smallest absolute Gasteiger partial charge is 0.254 e. The zero-order valence-electron chi connectivity index (χ0n) is 10.6. The second-order valence-electron chi connectivity index (χ2n) is 4.23. The first-order valence-corrected chi connectivity index (χ1v) is 5.91. The van der Waals surface area contributed by atoms with Crippen molar-refractivity contribution in [2.45, 2.75) is 12.8 Å². The van der Waals surface area contributed by atoms with Crippen molar-refractivity contribution in [3.63, 3.8) is 0 Å². The fourth-order valence-corrected chi connectivity index (χ4v) is 2.12. The Morgan fingerprint density at radius 2 is 1.67 bits per heavy atom. The molecule has 0 aliphatic carbocycles. The maximum Gasteiger partial charge on any atom is 0.254 e. The first-order valence-electron chi connectivity index (χ1n) is 5.91. The Morgan fingerprint density at radius 3 is 2.11 bits per heavy atom. The van der Waals surface area contributed by atoms with Crippen LogP contribution in [0.15, 0.2) is 12.1 Å². The Bertz CT molecular complexity index is 427. The van der Waals surface area contributed by atoms with E-state index in [9.17, 15) is 9.90 Å². The highest BCUT2D eigenvalue weighted by molar-refractivity contribution is 5.95. The van der Waals surface area contributed by atoms with Gasteiger partial charge in [0.25, 0.3) is 5.91 Å². The summed E-state index contributed by atoms with van der Waals surface area (Å²) in [5, 5.41) is 9.79. The molecule has 1 N–H and O–H groups in total. The van der Waals surface area contributed by atoms with E-state index in [1.807, 2.05) is 0 Å². The minimum atomic E-state index is -0.0852. The summed E-state index contributed by atoms with van der Waals surface area (Å²) >= 11 is 0. The number of phenols is 1. The molecule has 0 unspecified atom stereocenters. The average Bonchev–Trinajstić information content (AvgIpc) is 2.92. The number of rotatable bonds is 3. The molecule has 2 rings (SSSR count). The van der Waals surface area contributed by atoms with Gasteiger partial charge < -0.3 is 19.5 Å². The van der Waals surface area contributed by atoms with Crippen LogP contribution in [0.1, 0.15) is 23.2 Å². The summed E-state index contributed by atoms with van der Waals surface area (Å²) < 4.78 is 10.1. The predicted molar refractivity (Wildman–Crippen MR) is 66.3 cm³/mol. The van der Waals surface area contributed by atoms with Crippen LogP contribution in [-0.2, 0) is 0 Å². The molecule has 5 heteroatoms. The summed E-state index contributed by atoms with van der Waals surface area (Å²) in [6.07, 6.45) is 2.08. The highest BCUT2D eigenvalue weighted by Crippen LogP contribution is 2.37. The number of carbonyl (C=O) groups is 1. The van der Waals surface area contributed by atoms with E-state index in [-0.39, 0.29) is 23.2 Å². The molecule has 0 radical (unpaired) electrons. The van der Waals surface area contributed by atoms with Crippen LogP contribution in [0.2, 0.25) is 0 Å². The SMILES string of the molecule is COc1cc(C(=O)N2CCCC2)cc(OC)c1O. The van der Waals surface area contributed by atoms with Gasteiger partial charge >= 0.3 is 0 Å². The van der Waals surface area contributed by atoms with Gasteiger partial charge in [0.05, 0.1) is 14.2 Å². The maximum absolute atomic E-state index is 12.2. The van der Waals surface area contributed by atoms with E-state index in [0.29, 0.717) is 5.56 Å². The number of likely N-dealkylation sites (tertiary alicyclic amines) is 1. The minimum Gasteiger partial charge on any atom is -0.502 e. The number of benzene rings is 1. The maximum atomic E-state index is 12.2. The zero-order valence-corrected chi connectivity index (χ0v) is 10.6. The van der Waals surface area contributed by atoms with Crippen LogP contribution >= 0.6 is 0 Å². The molecule has 1 fully saturated rings. The number of aromatic hydroxyl groups is 1. The molecule has 1 heterocycles. The zero-order chi connectivity index (χ0) is 13.1. The van der Waals surface area contributed by atoms with E-state index in [4.69, 9.17) is 9.47 Å². The summed E-state index contributed by atoms with van der Waals surface area (Å²) in [5.41, 5.74) is 0.475. The number of hydrogen-bond acceptors (Lipinski definition) is 4. The van der Waals surface area contributed by atoms with Crippen molar-refractivity contribution in [1.82, 2.24) is 4.90 Å². The molecule has 98 valence electrons. The van der Waals surface area contributed by atoms with Gasteiger partial charge in [0, 0.05) is 18.7 Å². The Morgan fingerprint density at radius 1 is 1.17 bits per heavy atom. The van der Waals surface area contributed by atoms with Crippen LogP contribution in [0.3, 0.4) is 0 Å². The molecular formula is C13H17NO4. The van der Waals surface area contributed by atoms with E-state index in [2.05, 4.69) is 0 Å². The van der Waals surface area contributed by atoms with Gasteiger partial charge in [-0.15, -0.1) is 0 Å². The van der Waals surface area contributed by atoms with Crippen molar-refractivity contribution in [1.29, 1.82) is 0 Å². The van der Waals surface area contributed by atoms with Crippen molar-refractivity contribution >= 4 is 5.91 Å². The third-order valence-corrected chi connectivity index (χ3v) is 3.12. The first-order chi connectivity index (χ1) is 8.67. The van der Waals surface area contributed by atoms with Gasteiger partial charge in [-0.3, -0.25) is 4.79 Å². The monoisotopic (exact) mass is 251 g/mol. The molecule has 1 aliphatic rings. The molecule has 0 atom stereocenters. The van der Waals surface area contributed by atoms with Crippen molar-refractivity contribution in [2.75, 3.05) is 27.3 Å². The number of nitrogens with zero attached hydrogens (tertiary/aromatic N) is 1. The van der Waals surface area contributed by atoms with Crippen LogP contribution in [0.4, 0.5) is 0 Å². The Kier molecular flexibility index (Phi) is 3.60. The van der Waals surface area contributed by atoms with Crippen molar-refractivity contribution in [3.8, 4) is 17.2 Å². The van der Waals surface area contributed by atoms with Crippen molar-refractivity contribution in [3.05, 3.63) is 17.7 Å². The lowest BCUT2D eigenvalue weighted by Crippen LogP contribution is -2.27. The minimum absolute atomic E-state index is 0.0518. The molecule has 5 nitrogen and oxygen atoms in total. The number of amides is 1. The third kappa shape index (κ3) is 2.20. The van der Waals surface area contributed by atoms with E-state index in [1.165, 1.54) is 14.2 Å². The first kappa shape index (κ1) is 12.5. The van der Waals surface area contributed by atoms with Gasteiger partial charge in [-0.25, -0.2) is 0 Å². The molecule has 1 aliphatic heterocycles. The van der Waals surface area contributed by atoms with Gasteiger partial charge in [0.1, 0.15) is 0 Å². The Hall–Kier alpha value is -1.91. The van der Waals surface area contributed by atoms with Gasteiger partial charge in [0.2, 0.25) is 5.75 Å². The number of ether oxygens (including phenoxy) is 2. The number of phenolic OH excluding ortho intramolecular Hbond substituents is 1. The molecule has 0 saturated carbocycles. The van der Waals surface area contributed by atoms with Gasteiger partial charge in [-0.05, 0) is 25.0 Å². The highest BCUT2D eigenvalue weighted by atomic mass is 16.5. The number of carbonyl (C=O) groups excluding carboxylic acids is 1. The fourth-order valence-electron chi connectivity index (χ4n) is 2.12. The lowest BCUT2D eigenvalue weighted by atomic mass is 10.1. The molecule has 1 saturated heterocycles. The third-order valence-electron chi connectivity index (χ3n) is 3.12. The number of methoxy groups -OCH3 is 2. The fraction of sp³-hybridized carbons (Fsp3) is 0.462. The second-order valence-corrected chi connectivity index (χ2v) is 4.23. The summed E-state index contributed by atoms with van der Waals surface area (Å²) in [7, 11) is 2.89. The molecular weight excluding hydrogens is 234 g/mol. The lowest BCUT2D eigenvalue weighted by molar-refractivity contribution is 0.0792. The molecule has 0 aromatic heterocycles. The van der Waals surface area contributed by atoms with Gasteiger partial charge in [0.15, 0.2) is 11.5 Å². The van der Waals surface area contributed by atoms with Crippen molar-refractivity contribution < 1.29 is 19.4 Å². The van der Waals surface area contributed by atoms with E-state index in [0.717, 1.165) is 25.9 Å². The number of hydrogen-bond donors (Lipinski definition) is 1. The van der Waals surface area contributed by atoms with E-state index in [1.54, 1.807) is 17.0 Å². The van der Waals surface area contributed by atoms with Crippen molar-refractivity contribution in [2.24, 2.45) is 0 Å². The molecule has 18 heavy (non-hydrogen) atoms. The normalized spacial score (nSPS) is 14.7. The molecule has 1 aromatic rings. The predicted octanol–water partition coefficient (Wildman–Crippen LogP) is 1.65. The largest absolute Gasteiger partial charge is 0.502 e. The Labute approximate surface area is 106 Å². The molecule has 1 aromatic carbocycles. The van der Waals surface area contributed by atoms with Crippen LogP contribution in [0.25, 0.3) is 0 Å². The highest BCUT2D eigenvalue weighted by Gasteiger charge is 2.22. The quantitative estimate of drug-likeness (QED) is 0.887. The topological polar surface area (TPSA) is 59.0 Å². The average molecular weight is 251 g/mol. The van der Waals surface area contributed by atoms with Crippen LogP contribution < -0.4 is 9.47 Å². The summed E-state index contributed by atoms with van der Waals surface area (Å²) in [5.74, 6) is 0.357. The Balaban J connectivity index is 2.35. The molecule has 1 amide bonds. The second kappa shape index (κ2) is 5.16. The molecule has 0 spiro atoms. The van der Waals surface area contributed by atoms with E-state index < -0.39 is 0 Å².